The minimum absolute atomic E-state index is 0.176. The van der Waals surface area contributed by atoms with Crippen LogP contribution in [0.1, 0.15) is 33.2 Å². The number of halogens is 1. The van der Waals surface area contributed by atoms with Crippen LogP contribution in [-0.2, 0) is 13.5 Å². The van der Waals surface area contributed by atoms with Gasteiger partial charge in [-0.1, -0.05) is 48.0 Å². The Labute approximate surface area is 156 Å². The first kappa shape index (κ1) is 16.7. The third-order valence-electron chi connectivity index (χ3n) is 4.59. The quantitative estimate of drug-likeness (QED) is 0.767. The van der Waals surface area contributed by atoms with Crippen LogP contribution in [0.15, 0.2) is 54.7 Å². The van der Waals surface area contributed by atoms with E-state index in [1.165, 1.54) is 0 Å². The minimum Gasteiger partial charge on any atom is -0.491 e. The van der Waals surface area contributed by atoms with Crippen molar-refractivity contribution in [2.24, 2.45) is 7.05 Å². The molecule has 0 fully saturated rings. The van der Waals surface area contributed by atoms with Crippen LogP contribution < -0.4 is 10.1 Å². The summed E-state index contributed by atoms with van der Waals surface area (Å²) in [6.45, 7) is 0.374. The van der Waals surface area contributed by atoms with Crippen molar-refractivity contribution in [2.45, 2.75) is 12.5 Å². The Hall–Kier alpha value is -2.79. The molecule has 1 N–H and O–H groups in total. The van der Waals surface area contributed by atoms with Gasteiger partial charge in [-0.2, -0.15) is 5.10 Å². The van der Waals surface area contributed by atoms with Crippen LogP contribution >= 0.6 is 11.6 Å². The zero-order chi connectivity index (χ0) is 18.1. The van der Waals surface area contributed by atoms with E-state index in [0.717, 1.165) is 22.6 Å². The average molecular weight is 368 g/mol. The number of hydrogen-bond donors (Lipinski definition) is 1. The van der Waals surface area contributed by atoms with Gasteiger partial charge in [0.2, 0.25) is 0 Å². The molecule has 0 radical (unpaired) electrons. The van der Waals surface area contributed by atoms with Crippen LogP contribution in [0, 0.1) is 0 Å². The Kier molecular flexibility index (Phi) is 4.39. The van der Waals surface area contributed by atoms with E-state index in [1.54, 1.807) is 16.9 Å². The van der Waals surface area contributed by atoms with Crippen molar-refractivity contribution in [3.05, 3.63) is 82.1 Å². The van der Waals surface area contributed by atoms with Gasteiger partial charge in [0.25, 0.3) is 5.91 Å². The fraction of sp³-hybridized carbons (Fsp3) is 0.200. The molecule has 2 heterocycles. The van der Waals surface area contributed by atoms with E-state index < -0.39 is 0 Å². The number of aromatic nitrogens is 2. The molecule has 1 aliphatic rings. The zero-order valence-corrected chi connectivity index (χ0v) is 15.0. The standard InChI is InChI=1S/C20H18ClN3O2/c1-24-17(10-13-6-3-2-4-7-13)14(11-22-24)20(25)23-16-12-26-18-9-5-8-15(21)19(16)18/h2-9,11,16H,10,12H2,1H3,(H,23,25). The number of amides is 1. The van der Waals surface area contributed by atoms with Gasteiger partial charge >= 0.3 is 0 Å². The van der Waals surface area contributed by atoms with Gasteiger partial charge in [-0.25, -0.2) is 0 Å². The maximum absolute atomic E-state index is 12.9. The zero-order valence-electron chi connectivity index (χ0n) is 14.3. The summed E-state index contributed by atoms with van der Waals surface area (Å²) < 4.78 is 7.38. The van der Waals surface area contributed by atoms with E-state index in [-0.39, 0.29) is 11.9 Å². The summed E-state index contributed by atoms with van der Waals surface area (Å²) in [5, 5.41) is 7.90. The summed E-state index contributed by atoms with van der Waals surface area (Å²) in [6, 6.07) is 15.3. The van der Waals surface area contributed by atoms with E-state index >= 15 is 0 Å². The summed E-state index contributed by atoms with van der Waals surface area (Å²) in [5.74, 6) is 0.545. The van der Waals surface area contributed by atoms with Crippen molar-refractivity contribution < 1.29 is 9.53 Å². The number of carbonyl (C=O) groups is 1. The molecule has 1 atom stereocenters. The number of rotatable bonds is 4. The van der Waals surface area contributed by atoms with Crippen molar-refractivity contribution >= 4 is 17.5 Å². The highest BCUT2D eigenvalue weighted by molar-refractivity contribution is 6.31. The second-order valence-corrected chi connectivity index (χ2v) is 6.69. The van der Waals surface area contributed by atoms with Gasteiger partial charge in [0.15, 0.2) is 0 Å². The molecule has 0 aliphatic carbocycles. The highest BCUT2D eigenvalue weighted by atomic mass is 35.5. The van der Waals surface area contributed by atoms with Crippen molar-refractivity contribution in [3.63, 3.8) is 0 Å². The number of ether oxygens (including phenoxy) is 1. The number of nitrogens with zero attached hydrogens (tertiary/aromatic N) is 2. The van der Waals surface area contributed by atoms with E-state index in [2.05, 4.69) is 10.4 Å². The Morgan fingerprint density at radius 2 is 2.08 bits per heavy atom. The van der Waals surface area contributed by atoms with Gasteiger partial charge in [-0.15, -0.1) is 0 Å². The Morgan fingerprint density at radius 1 is 1.27 bits per heavy atom. The molecule has 26 heavy (non-hydrogen) atoms. The van der Waals surface area contributed by atoms with Crippen LogP contribution in [0.2, 0.25) is 5.02 Å². The molecule has 0 saturated heterocycles. The summed E-state index contributed by atoms with van der Waals surface area (Å²) in [7, 11) is 1.85. The van der Waals surface area contributed by atoms with Gasteiger partial charge in [0, 0.05) is 24.1 Å². The third-order valence-corrected chi connectivity index (χ3v) is 4.92. The molecule has 4 rings (SSSR count). The smallest absolute Gasteiger partial charge is 0.255 e. The van der Waals surface area contributed by atoms with Crippen molar-refractivity contribution in [1.29, 1.82) is 0 Å². The average Bonchev–Trinajstić information content (AvgIpc) is 3.21. The van der Waals surface area contributed by atoms with Gasteiger partial charge in [-0.05, 0) is 17.7 Å². The van der Waals surface area contributed by atoms with E-state index in [1.807, 2.05) is 49.5 Å². The summed E-state index contributed by atoms with van der Waals surface area (Å²) in [5.41, 5.74) is 3.39. The lowest BCUT2D eigenvalue weighted by Gasteiger charge is -2.13. The minimum atomic E-state index is -0.268. The predicted molar refractivity (Wildman–Crippen MR) is 99.6 cm³/mol. The van der Waals surface area contributed by atoms with Crippen molar-refractivity contribution in [2.75, 3.05) is 6.61 Å². The fourth-order valence-corrected chi connectivity index (χ4v) is 3.54. The molecule has 1 aromatic heterocycles. The molecule has 5 nitrogen and oxygen atoms in total. The first-order valence-corrected chi connectivity index (χ1v) is 8.78. The SMILES string of the molecule is Cn1ncc(C(=O)NC2COc3cccc(Cl)c32)c1Cc1ccccc1. The second kappa shape index (κ2) is 6.84. The monoisotopic (exact) mass is 367 g/mol. The predicted octanol–water partition coefficient (Wildman–Crippen LogP) is 3.53. The van der Waals surface area contributed by atoms with Crippen LogP contribution in [0.4, 0.5) is 0 Å². The lowest BCUT2D eigenvalue weighted by atomic mass is 10.1. The van der Waals surface area contributed by atoms with Crippen LogP contribution in [0.3, 0.4) is 0 Å². The van der Waals surface area contributed by atoms with Gasteiger partial charge in [0.1, 0.15) is 12.4 Å². The lowest BCUT2D eigenvalue weighted by molar-refractivity contribution is 0.0929. The first-order valence-electron chi connectivity index (χ1n) is 8.40. The molecule has 2 aromatic carbocycles. The molecule has 1 aliphatic heterocycles. The van der Waals surface area contributed by atoms with Crippen LogP contribution in [0.5, 0.6) is 5.75 Å². The van der Waals surface area contributed by atoms with E-state index in [4.69, 9.17) is 16.3 Å². The van der Waals surface area contributed by atoms with Crippen LogP contribution in [0.25, 0.3) is 0 Å². The molecule has 132 valence electrons. The maximum Gasteiger partial charge on any atom is 0.255 e. The summed E-state index contributed by atoms with van der Waals surface area (Å²) >= 11 is 6.29. The maximum atomic E-state index is 12.9. The van der Waals surface area contributed by atoms with Crippen molar-refractivity contribution in [1.82, 2.24) is 15.1 Å². The highest BCUT2D eigenvalue weighted by Crippen LogP contribution is 2.37. The molecule has 0 saturated carbocycles. The number of benzene rings is 2. The molecule has 3 aromatic rings. The third kappa shape index (κ3) is 3.06. The normalized spacial score (nSPS) is 15.4. The van der Waals surface area contributed by atoms with Crippen LogP contribution in [-0.4, -0.2) is 22.3 Å². The molecular weight excluding hydrogens is 350 g/mol. The Morgan fingerprint density at radius 3 is 2.88 bits per heavy atom. The van der Waals surface area contributed by atoms with Gasteiger partial charge in [-0.3, -0.25) is 9.48 Å². The molecule has 1 amide bonds. The van der Waals surface area contributed by atoms with Gasteiger partial charge in [0.05, 0.1) is 23.5 Å². The van der Waals surface area contributed by atoms with E-state index in [9.17, 15) is 4.79 Å². The highest BCUT2D eigenvalue weighted by Gasteiger charge is 2.29. The first-order chi connectivity index (χ1) is 12.6. The number of hydrogen-bond acceptors (Lipinski definition) is 3. The lowest BCUT2D eigenvalue weighted by Crippen LogP contribution is -2.30. The topological polar surface area (TPSA) is 56.2 Å². The number of carbonyl (C=O) groups excluding carboxylic acids is 1. The number of nitrogens with one attached hydrogen (secondary N) is 1. The molecule has 0 spiro atoms. The number of aryl methyl sites for hydroxylation is 1. The molecule has 0 bridgehead atoms. The largest absolute Gasteiger partial charge is 0.491 e. The molecule has 6 heteroatoms. The Bertz CT molecular complexity index is 953. The molecular formula is C20H18ClN3O2. The second-order valence-electron chi connectivity index (χ2n) is 6.28. The van der Waals surface area contributed by atoms with E-state index in [0.29, 0.717) is 23.6 Å². The summed E-state index contributed by atoms with van der Waals surface area (Å²) in [4.78, 5) is 12.9. The summed E-state index contributed by atoms with van der Waals surface area (Å²) in [6.07, 6.45) is 2.25. The van der Waals surface area contributed by atoms with Gasteiger partial charge < -0.3 is 10.1 Å². The number of fused-ring (bicyclic) bond motifs is 1. The fourth-order valence-electron chi connectivity index (χ4n) is 3.24. The molecule has 1 unspecified atom stereocenters. The van der Waals surface area contributed by atoms with Crippen molar-refractivity contribution in [3.8, 4) is 5.75 Å². The Balaban J connectivity index is 1.57.